The smallest absolute Gasteiger partial charge is 0.306 e. The third kappa shape index (κ3) is 29.4. The maximum absolute atomic E-state index is 13.0. The molecule has 7 N–H and O–H groups in total. The number of aliphatic hydroxyl groups excluding tert-OH is 7. The summed E-state index contributed by atoms with van der Waals surface area (Å²) < 4.78 is 34.2. The van der Waals surface area contributed by atoms with Crippen molar-refractivity contribution in [2.75, 3.05) is 33.0 Å². The van der Waals surface area contributed by atoms with Gasteiger partial charge < -0.3 is 64.2 Å². The second-order valence-corrected chi connectivity index (χ2v) is 18.0. The van der Waals surface area contributed by atoms with Crippen molar-refractivity contribution in [3.05, 3.63) is 97.2 Å². The van der Waals surface area contributed by atoms with E-state index in [1.165, 1.54) is 19.3 Å². The zero-order valence-corrected chi connectivity index (χ0v) is 42.5. The highest BCUT2D eigenvalue weighted by Crippen LogP contribution is 2.26. The van der Waals surface area contributed by atoms with Crippen molar-refractivity contribution in [1.82, 2.24) is 0 Å². The fraction of sp³-hybridized carbons (Fsp3) is 0.696. The largest absolute Gasteiger partial charge is 0.457 e. The van der Waals surface area contributed by atoms with Crippen molar-refractivity contribution in [1.29, 1.82) is 0 Å². The molecule has 0 bridgehead atoms. The minimum Gasteiger partial charge on any atom is -0.457 e. The second kappa shape index (κ2) is 42.4. The first kappa shape index (κ1) is 63.0. The van der Waals surface area contributed by atoms with Gasteiger partial charge in [0.2, 0.25) is 0 Å². The first-order valence-electron chi connectivity index (χ1n) is 26.3. The van der Waals surface area contributed by atoms with E-state index in [-0.39, 0.29) is 19.6 Å². The van der Waals surface area contributed by atoms with Crippen LogP contribution in [0.2, 0.25) is 0 Å². The third-order valence-corrected chi connectivity index (χ3v) is 11.8. The van der Waals surface area contributed by atoms with Crippen LogP contribution in [-0.2, 0) is 33.2 Å². The van der Waals surface area contributed by atoms with Gasteiger partial charge in [-0.3, -0.25) is 4.79 Å². The fourth-order valence-electron chi connectivity index (χ4n) is 7.56. The molecule has 14 heteroatoms. The Kier molecular flexibility index (Phi) is 38.2. The Balaban J connectivity index is 1.75. The molecule has 0 aliphatic carbocycles. The van der Waals surface area contributed by atoms with Crippen LogP contribution in [0.25, 0.3) is 0 Å². The quantitative estimate of drug-likeness (QED) is 0.0175. The van der Waals surface area contributed by atoms with E-state index in [0.29, 0.717) is 13.0 Å². The summed E-state index contributed by atoms with van der Waals surface area (Å²) in [4.78, 5) is 13.0. The van der Waals surface area contributed by atoms with Crippen LogP contribution in [0.1, 0.15) is 149 Å². The first-order valence-corrected chi connectivity index (χ1v) is 26.3. The van der Waals surface area contributed by atoms with Crippen LogP contribution in [0.3, 0.4) is 0 Å². The van der Waals surface area contributed by atoms with Gasteiger partial charge in [0.1, 0.15) is 54.9 Å². The molecule has 2 aliphatic rings. The molecule has 2 fully saturated rings. The van der Waals surface area contributed by atoms with Crippen LogP contribution in [-0.4, -0.2) is 142 Å². The van der Waals surface area contributed by atoms with Crippen LogP contribution in [0.4, 0.5) is 0 Å². The Morgan fingerprint density at radius 1 is 0.486 bits per heavy atom. The lowest BCUT2D eigenvalue weighted by Gasteiger charge is -2.42. The lowest BCUT2D eigenvalue weighted by atomic mass is 9.98. The molecule has 0 saturated carbocycles. The number of ether oxygens (including phenoxy) is 6. The van der Waals surface area contributed by atoms with Crippen LogP contribution in [0.5, 0.6) is 0 Å². The number of unbranched alkanes of at least 4 members (excludes halogenated alkanes) is 10. The number of aliphatic hydroxyl groups is 7. The lowest BCUT2D eigenvalue weighted by molar-refractivity contribution is -0.332. The van der Waals surface area contributed by atoms with Crippen LogP contribution < -0.4 is 0 Å². The Morgan fingerprint density at radius 2 is 0.929 bits per heavy atom. The van der Waals surface area contributed by atoms with Gasteiger partial charge in [0.25, 0.3) is 0 Å². The van der Waals surface area contributed by atoms with Gasteiger partial charge in [-0.15, -0.1) is 0 Å². The molecule has 0 spiro atoms. The highest BCUT2D eigenvalue weighted by molar-refractivity contribution is 5.69. The number of carbonyl (C=O) groups is 1. The maximum atomic E-state index is 13.0. The van der Waals surface area contributed by atoms with E-state index in [2.05, 4.69) is 111 Å². The third-order valence-electron chi connectivity index (χ3n) is 11.8. The summed E-state index contributed by atoms with van der Waals surface area (Å²) in [7, 11) is 0. The normalized spacial score (nSPS) is 26.3. The molecule has 0 aromatic heterocycles. The van der Waals surface area contributed by atoms with Crippen LogP contribution in [0, 0.1) is 0 Å². The standard InChI is InChI=1S/C56H92O14/c1-3-5-7-9-11-13-15-16-17-18-19-20-21-22-23-24-25-26-27-28-29-31-33-35-37-39-48(58)68-45(42-65-40-38-36-34-32-30-14-12-10-8-6-4-2)43-66-55-54(64)52(62)50(60)47(70-55)44-67-56-53(63)51(61)49(59)46(41-57)69-56/h5,7-8,10-11,13,16-17,19-20,22-23,25-26,28-29,45-47,49-57,59-64H,3-4,6,9,12,14-15,18,21,24,27,30-44H2,1-2H3/b7-5-,10-8-,13-11-,17-16-,20-19-,23-22-,26-25-,29-28-. The monoisotopic (exact) mass is 989 g/mol. The summed E-state index contributed by atoms with van der Waals surface area (Å²) in [6.07, 6.45) is 39.0. The Bertz CT molecular complexity index is 1520. The number of esters is 1. The number of rotatable bonds is 40. The Labute approximate surface area is 420 Å². The average molecular weight is 989 g/mol. The molecule has 11 unspecified atom stereocenters. The molecule has 2 rings (SSSR count). The second-order valence-electron chi connectivity index (χ2n) is 18.0. The van der Waals surface area contributed by atoms with E-state index >= 15 is 0 Å². The summed E-state index contributed by atoms with van der Waals surface area (Å²) in [5.74, 6) is -0.415. The summed E-state index contributed by atoms with van der Waals surface area (Å²) in [6.45, 7) is 3.42. The predicted molar refractivity (Wildman–Crippen MR) is 274 cm³/mol. The van der Waals surface area contributed by atoms with Crippen molar-refractivity contribution in [3.63, 3.8) is 0 Å². The first-order chi connectivity index (χ1) is 34.1. The van der Waals surface area contributed by atoms with E-state index in [4.69, 9.17) is 28.4 Å². The molecular formula is C56H92O14. The Morgan fingerprint density at radius 3 is 1.47 bits per heavy atom. The van der Waals surface area contributed by atoms with E-state index in [1.54, 1.807) is 0 Å². The SMILES string of the molecule is CC/C=C\C/C=C\C/C=C\C/C=C\C/C=C\C/C=C\C/C=C\CCCCCC(=O)OC(COCCCCCCCC/C=C\CCC)COC1OC(COC2OC(CO)C(O)C(O)C2O)C(O)C(O)C1O. The topological polar surface area (TPSA) is 214 Å². The molecule has 400 valence electrons. The number of carbonyl (C=O) groups excluding carboxylic acids is 1. The zero-order chi connectivity index (χ0) is 50.9. The molecule has 0 aromatic carbocycles. The number of allylic oxidation sites excluding steroid dienone is 16. The summed E-state index contributed by atoms with van der Waals surface area (Å²) in [6, 6.07) is 0. The predicted octanol–water partition coefficient (Wildman–Crippen LogP) is 8.24. The molecule has 0 aromatic rings. The van der Waals surface area contributed by atoms with E-state index in [0.717, 1.165) is 103 Å². The van der Waals surface area contributed by atoms with E-state index in [9.17, 15) is 40.5 Å². The van der Waals surface area contributed by atoms with Crippen molar-refractivity contribution in [2.45, 2.75) is 216 Å². The number of hydrogen-bond acceptors (Lipinski definition) is 14. The maximum Gasteiger partial charge on any atom is 0.306 e. The minimum atomic E-state index is -1.72. The molecule has 0 radical (unpaired) electrons. The summed E-state index contributed by atoms with van der Waals surface area (Å²) >= 11 is 0. The number of hydrogen-bond donors (Lipinski definition) is 7. The minimum absolute atomic E-state index is 0.0367. The molecule has 70 heavy (non-hydrogen) atoms. The molecule has 11 atom stereocenters. The highest BCUT2D eigenvalue weighted by Gasteiger charge is 2.47. The highest BCUT2D eigenvalue weighted by atomic mass is 16.7. The van der Waals surface area contributed by atoms with Gasteiger partial charge >= 0.3 is 5.97 Å². The molecule has 2 heterocycles. The van der Waals surface area contributed by atoms with Gasteiger partial charge in [-0.1, -0.05) is 150 Å². The van der Waals surface area contributed by atoms with Gasteiger partial charge in [-0.05, 0) is 89.9 Å². The van der Waals surface area contributed by atoms with Gasteiger partial charge in [0, 0.05) is 13.0 Å². The van der Waals surface area contributed by atoms with Crippen LogP contribution in [0.15, 0.2) is 97.2 Å². The van der Waals surface area contributed by atoms with Crippen molar-refractivity contribution < 1.29 is 69.0 Å². The molecule has 14 nitrogen and oxygen atoms in total. The average Bonchev–Trinajstić information content (AvgIpc) is 3.36. The van der Waals surface area contributed by atoms with Crippen LogP contribution >= 0.6 is 0 Å². The Hall–Kier alpha value is -3.09. The van der Waals surface area contributed by atoms with Crippen molar-refractivity contribution in [2.24, 2.45) is 0 Å². The van der Waals surface area contributed by atoms with Gasteiger partial charge in [-0.25, -0.2) is 0 Å². The lowest BCUT2D eigenvalue weighted by Crippen LogP contribution is -2.61. The fourth-order valence-corrected chi connectivity index (χ4v) is 7.56. The summed E-state index contributed by atoms with van der Waals surface area (Å²) in [5.41, 5.74) is 0. The van der Waals surface area contributed by atoms with Gasteiger partial charge in [-0.2, -0.15) is 0 Å². The zero-order valence-electron chi connectivity index (χ0n) is 42.5. The van der Waals surface area contributed by atoms with Gasteiger partial charge in [0.05, 0.1) is 26.4 Å². The molecular weight excluding hydrogens is 897 g/mol. The molecule has 2 saturated heterocycles. The van der Waals surface area contributed by atoms with E-state index < -0.39 is 86.7 Å². The van der Waals surface area contributed by atoms with Gasteiger partial charge in [0.15, 0.2) is 12.6 Å². The summed E-state index contributed by atoms with van der Waals surface area (Å²) in [5, 5.41) is 72.1. The molecule has 0 amide bonds. The van der Waals surface area contributed by atoms with Crippen molar-refractivity contribution >= 4 is 5.97 Å². The van der Waals surface area contributed by atoms with E-state index in [1.807, 2.05) is 0 Å². The molecule has 2 aliphatic heterocycles. The van der Waals surface area contributed by atoms with Crippen molar-refractivity contribution in [3.8, 4) is 0 Å².